The first-order chi connectivity index (χ1) is 12.6. The average molecular weight is 374 g/mol. The molecule has 0 saturated heterocycles. The lowest BCUT2D eigenvalue weighted by Gasteiger charge is -2.12. The maximum absolute atomic E-state index is 14.8. The van der Waals surface area contributed by atoms with Gasteiger partial charge in [-0.2, -0.15) is 5.10 Å². The average Bonchev–Trinajstić information content (AvgIpc) is 3.25. The van der Waals surface area contributed by atoms with Crippen molar-refractivity contribution >= 4 is 40.4 Å². The van der Waals surface area contributed by atoms with E-state index in [-0.39, 0.29) is 5.02 Å². The highest BCUT2D eigenvalue weighted by Gasteiger charge is 2.21. The Morgan fingerprint density at radius 2 is 2.23 bits per heavy atom. The van der Waals surface area contributed by atoms with E-state index in [4.69, 9.17) is 11.6 Å². The minimum absolute atomic E-state index is 0.0256. The first-order valence-electron chi connectivity index (χ1n) is 7.66. The van der Waals surface area contributed by atoms with Crippen molar-refractivity contribution in [1.82, 2.24) is 29.9 Å². The van der Waals surface area contributed by atoms with Gasteiger partial charge in [0.25, 0.3) is 0 Å². The molecule has 0 spiro atoms. The van der Waals surface area contributed by atoms with Crippen LogP contribution in [0.3, 0.4) is 0 Å². The molecule has 0 fully saturated rings. The predicted molar refractivity (Wildman–Crippen MR) is 95.5 cm³/mol. The quantitative estimate of drug-likeness (QED) is 0.466. The second kappa shape index (κ2) is 6.36. The zero-order valence-corrected chi connectivity index (χ0v) is 14.3. The van der Waals surface area contributed by atoms with Crippen LogP contribution >= 0.6 is 11.6 Å². The fourth-order valence-corrected chi connectivity index (χ4v) is 3.24. The number of aromatic amines is 1. The van der Waals surface area contributed by atoms with Crippen LogP contribution in [0, 0.1) is 5.82 Å². The van der Waals surface area contributed by atoms with Gasteiger partial charge >= 0.3 is 0 Å². The summed E-state index contributed by atoms with van der Waals surface area (Å²) in [5, 5.41) is 12.9. The topological polar surface area (TPSA) is 100 Å². The van der Waals surface area contributed by atoms with Crippen molar-refractivity contribution in [2.45, 2.75) is 6.54 Å². The lowest BCUT2D eigenvalue weighted by atomic mass is 10.0. The van der Waals surface area contributed by atoms with E-state index in [1.807, 2.05) is 0 Å². The smallest absolute Gasteiger partial charge is 0.212 e. The Balaban J connectivity index is 1.95. The monoisotopic (exact) mass is 373 g/mol. The summed E-state index contributed by atoms with van der Waals surface area (Å²) in [7, 11) is 1.73. The molecular weight excluding hydrogens is 361 g/mol. The Kier molecular flexibility index (Phi) is 4.02. The van der Waals surface area contributed by atoms with Crippen molar-refractivity contribution in [1.29, 1.82) is 0 Å². The zero-order valence-electron chi connectivity index (χ0n) is 13.5. The number of amides is 1. The Hall–Kier alpha value is -3.04. The first-order valence-corrected chi connectivity index (χ1v) is 8.04. The number of hydrogen-bond acceptors (Lipinski definition) is 5. The van der Waals surface area contributed by atoms with E-state index >= 15 is 0 Å². The number of carbonyl (C=O) groups is 1. The lowest BCUT2D eigenvalue weighted by Crippen LogP contribution is -2.09. The molecule has 3 N–H and O–H groups in total. The van der Waals surface area contributed by atoms with Gasteiger partial charge in [0.1, 0.15) is 5.82 Å². The summed E-state index contributed by atoms with van der Waals surface area (Å²) in [5.74, 6) is -0.141. The van der Waals surface area contributed by atoms with Crippen LogP contribution in [0.15, 0.2) is 24.8 Å². The molecule has 4 aromatic rings. The summed E-state index contributed by atoms with van der Waals surface area (Å²) < 4.78 is 16.5. The Morgan fingerprint density at radius 3 is 3.00 bits per heavy atom. The Morgan fingerprint density at radius 1 is 1.38 bits per heavy atom. The number of carbonyl (C=O) groups excluding carboxylic acids is 1. The summed E-state index contributed by atoms with van der Waals surface area (Å²) in [6.45, 7) is 0.305. The van der Waals surface area contributed by atoms with Gasteiger partial charge in [-0.1, -0.05) is 11.6 Å². The number of imidazole rings is 1. The van der Waals surface area contributed by atoms with Crippen LogP contribution in [0.4, 0.5) is 10.2 Å². The third kappa shape index (κ3) is 2.49. The minimum Gasteiger partial charge on any atom is -0.316 e. The van der Waals surface area contributed by atoms with Crippen molar-refractivity contribution in [2.75, 3.05) is 12.4 Å². The number of halogens is 2. The number of nitrogens with one attached hydrogen (secondary N) is 3. The van der Waals surface area contributed by atoms with Crippen molar-refractivity contribution in [3.05, 3.63) is 41.2 Å². The molecule has 8 nitrogen and oxygen atoms in total. The minimum atomic E-state index is -0.524. The van der Waals surface area contributed by atoms with E-state index in [9.17, 15) is 9.18 Å². The molecule has 0 aliphatic carbocycles. The highest BCUT2D eigenvalue weighted by molar-refractivity contribution is 6.35. The maximum Gasteiger partial charge on any atom is 0.212 e. The second-order valence-electron chi connectivity index (χ2n) is 5.60. The zero-order chi connectivity index (χ0) is 18.3. The number of aromatic nitrogens is 5. The summed E-state index contributed by atoms with van der Waals surface area (Å²) in [6, 6.07) is 0. The van der Waals surface area contributed by atoms with Crippen LogP contribution in [0.25, 0.3) is 27.8 Å². The third-order valence-electron chi connectivity index (χ3n) is 4.05. The molecular formula is C16H13ClFN7O. The summed E-state index contributed by atoms with van der Waals surface area (Å²) >= 11 is 6.34. The van der Waals surface area contributed by atoms with Crippen molar-refractivity contribution in [3.63, 3.8) is 0 Å². The maximum atomic E-state index is 14.8. The molecule has 0 atom stereocenters. The molecule has 1 amide bonds. The van der Waals surface area contributed by atoms with E-state index in [0.29, 0.717) is 52.1 Å². The third-order valence-corrected chi connectivity index (χ3v) is 4.40. The van der Waals surface area contributed by atoms with Gasteiger partial charge in [-0.25, -0.2) is 9.37 Å². The van der Waals surface area contributed by atoms with E-state index in [1.54, 1.807) is 30.0 Å². The van der Waals surface area contributed by atoms with E-state index < -0.39 is 5.82 Å². The molecule has 10 heteroatoms. The standard InChI is InChI=1S/C16H13ClFN7O/c1-19-2-9-15(18)14(17)13(8-3-22-24-16(8)9)10-5-25-6-11(21-7-26)23-12(25)4-20-10/h3-7,19H,2H2,1H3,(H,21,26)(H,22,24). The van der Waals surface area contributed by atoms with Gasteiger partial charge in [-0.3, -0.25) is 14.9 Å². The summed E-state index contributed by atoms with van der Waals surface area (Å²) in [4.78, 5) is 19.1. The van der Waals surface area contributed by atoms with Crippen molar-refractivity contribution in [3.8, 4) is 11.3 Å². The normalized spacial score (nSPS) is 11.3. The number of H-pyrrole nitrogens is 1. The summed E-state index contributed by atoms with van der Waals surface area (Å²) in [5.41, 5.74) is 2.40. The number of fused-ring (bicyclic) bond motifs is 2. The Bertz CT molecular complexity index is 1140. The van der Waals surface area contributed by atoms with Gasteiger partial charge in [-0.15, -0.1) is 0 Å². The van der Waals surface area contributed by atoms with Crippen LogP contribution in [-0.4, -0.2) is 38.0 Å². The number of nitrogens with zero attached hydrogens (tertiary/aromatic N) is 4. The Labute approximate surface area is 151 Å². The molecule has 0 bridgehead atoms. The van der Waals surface area contributed by atoms with Gasteiger partial charge in [0.15, 0.2) is 11.5 Å². The van der Waals surface area contributed by atoms with Gasteiger partial charge in [0.2, 0.25) is 6.41 Å². The molecule has 3 heterocycles. The molecule has 26 heavy (non-hydrogen) atoms. The molecule has 1 aromatic carbocycles. The van der Waals surface area contributed by atoms with Gasteiger partial charge < -0.3 is 15.0 Å². The second-order valence-corrected chi connectivity index (χ2v) is 5.97. The van der Waals surface area contributed by atoms with E-state index in [0.717, 1.165) is 0 Å². The number of anilines is 1. The van der Waals surface area contributed by atoms with Crippen LogP contribution in [0.2, 0.25) is 5.02 Å². The molecule has 132 valence electrons. The summed E-state index contributed by atoms with van der Waals surface area (Å²) in [6.07, 6.45) is 6.95. The fourth-order valence-electron chi connectivity index (χ4n) is 2.93. The molecule has 0 saturated carbocycles. The van der Waals surface area contributed by atoms with Gasteiger partial charge in [-0.05, 0) is 7.05 Å². The van der Waals surface area contributed by atoms with Crippen LogP contribution in [-0.2, 0) is 11.3 Å². The van der Waals surface area contributed by atoms with Crippen LogP contribution in [0.1, 0.15) is 5.56 Å². The fraction of sp³-hybridized carbons (Fsp3) is 0.125. The van der Waals surface area contributed by atoms with E-state index in [1.165, 1.54) is 6.20 Å². The first kappa shape index (κ1) is 16.4. The van der Waals surface area contributed by atoms with Crippen molar-refractivity contribution in [2.24, 2.45) is 0 Å². The van der Waals surface area contributed by atoms with Crippen LogP contribution < -0.4 is 10.6 Å². The largest absolute Gasteiger partial charge is 0.316 e. The number of benzene rings is 1. The molecule has 0 aliphatic heterocycles. The van der Waals surface area contributed by atoms with Crippen molar-refractivity contribution < 1.29 is 9.18 Å². The highest BCUT2D eigenvalue weighted by Crippen LogP contribution is 2.38. The predicted octanol–water partition coefficient (Wildman–Crippen LogP) is 2.35. The van der Waals surface area contributed by atoms with Gasteiger partial charge in [0, 0.05) is 29.3 Å². The lowest BCUT2D eigenvalue weighted by molar-refractivity contribution is -0.105. The molecule has 0 radical (unpaired) electrons. The highest BCUT2D eigenvalue weighted by atomic mass is 35.5. The molecule has 0 unspecified atom stereocenters. The number of hydrogen-bond donors (Lipinski definition) is 3. The molecule has 0 aliphatic rings. The number of rotatable bonds is 5. The molecule has 4 rings (SSSR count). The van der Waals surface area contributed by atoms with Gasteiger partial charge in [0.05, 0.1) is 34.8 Å². The van der Waals surface area contributed by atoms with E-state index in [2.05, 4.69) is 30.8 Å². The SMILES string of the molecule is CNCc1c(F)c(Cl)c(-c2cn3cc(NC=O)nc3cn2)c2cn[nH]c12. The van der Waals surface area contributed by atoms with Crippen LogP contribution in [0.5, 0.6) is 0 Å². The molecule has 3 aromatic heterocycles.